The van der Waals surface area contributed by atoms with E-state index in [0.717, 1.165) is 16.8 Å². The van der Waals surface area contributed by atoms with Crippen molar-refractivity contribution in [1.29, 1.82) is 0 Å². The molecule has 1 N–H and O–H groups in total. The largest absolute Gasteiger partial charge is 0.325 e. The fourth-order valence-corrected chi connectivity index (χ4v) is 4.15. The van der Waals surface area contributed by atoms with Gasteiger partial charge in [-0.1, -0.05) is 23.9 Å². The first kappa shape index (κ1) is 23.1. The van der Waals surface area contributed by atoms with Gasteiger partial charge in [0.15, 0.2) is 11.0 Å². The van der Waals surface area contributed by atoms with Crippen molar-refractivity contribution in [3.63, 3.8) is 0 Å². The summed E-state index contributed by atoms with van der Waals surface area (Å²) < 4.78 is 1.92. The lowest BCUT2D eigenvalue weighted by molar-refractivity contribution is -0.384. The molecule has 2 heterocycles. The second-order valence-electron chi connectivity index (χ2n) is 7.70. The summed E-state index contributed by atoms with van der Waals surface area (Å²) >= 11 is 1.26. The lowest BCUT2D eigenvalue weighted by Crippen LogP contribution is -2.23. The monoisotopic (exact) mass is 474 g/mol. The summed E-state index contributed by atoms with van der Waals surface area (Å²) in [5, 5.41) is 22.5. The molecule has 0 aliphatic rings. The second kappa shape index (κ2) is 9.84. The molecule has 0 spiro atoms. The van der Waals surface area contributed by atoms with Crippen LogP contribution in [0.3, 0.4) is 0 Å². The highest BCUT2D eigenvalue weighted by atomic mass is 32.2. The molecule has 0 aliphatic carbocycles. The first-order valence-electron chi connectivity index (χ1n) is 10.5. The number of thioether (sulfide) groups is 1. The van der Waals surface area contributed by atoms with Gasteiger partial charge in [-0.2, -0.15) is 0 Å². The highest BCUT2D eigenvalue weighted by Gasteiger charge is 2.22. The number of benzene rings is 2. The third-order valence-corrected chi connectivity index (χ3v) is 6.34. The van der Waals surface area contributed by atoms with Crippen molar-refractivity contribution in [2.75, 3.05) is 5.32 Å². The van der Waals surface area contributed by atoms with E-state index in [9.17, 15) is 14.9 Å². The van der Waals surface area contributed by atoms with Crippen LogP contribution >= 0.6 is 11.8 Å². The van der Waals surface area contributed by atoms with E-state index in [1.807, 2.05) is 42.7 Å². The molecule has 0 bridgehead atoms. The number of amides is 1. The minimum absolute atomic E-state index is 0.0883. The minimum atomic E-state index is -0.543. The molecular weight excluding hydrogens is 452 g/mol. The van der Waals surface area contributed by atoms with Crippen molar-refractivity contribution in [2.45, 2.75) is 31.2 Å². The van der Waals surface area contributed by atoms with E-state index in [2.05, 4.69) is 26.6 Å². The summed E-state index contributed by atoms with van der Waals surface area (Å²) in [5.41, 5.74) is 4.30. The van der Waals surface area contributed by atoms with Gasteiger partial charge < -0.3 is 5.32 Å². The molecule has 2 aromatic heterocycles. The predicted octanol–water partition coefficient (Wildman–Crippen LogP) is 4.97. The average molecular weight is 475 g/mol. The van der Waals surface area contributed by atoms with Crippen LogP contribution in [-0.4, -0.2) is 35.8 Å². The third kappa shape index (κ3) is 4.96. The van der Waals surface area contributed by atoms with Gasteiger partial charge in [0.1, 0.15) is 0 Å². The number of aromatic nitrogens is 4. The molecule has 0 radical (unpaired) electrons. The SMILES string of the molecule is Cc1ccc(-n2c(S[C@H](C)C(=O)Nc3cccc([N+](=O)[O-])c3)nnc2-c2ccncc2)cc1C. The molecule has 4 rings (SSSR count). The molecule has 172 valence electrons. The Labute approximate surface area is 200 Å². The van der Waals surface area contributed by atoms with Gasteiger partial charge in [-0.25, -0.2) is 0 Å². The molecule has 9 nitrogen and oxygen atoms in total. The van der Waals surface area contributed by atoms with Gasteiger partial charge in [-0.05, 0) is 62.2 Å². The van der Waals surface area contributed by atoms with Crippen LogP contribution < -0.4 is 5.32 Å². The van der Waals surface area contributed by atoms with Crippen LogP contribution in [0.2, 0.25) is 0 Å². The number of nitro groups is 1. The molecule has 34 heavy (non-hydrogen) atoms. The topological polar surface area (TPSA) is 116 Å². The van der Waals surface area contributed by atoms with Gasteiger partial charge in [-0.15, -0.1) is 10.2 Å². The lowest BCUT2D eigenvalue weighted by Gasteiger charge is -2.15. The first-order valence-corrected chi connectivity index (χ1v) is 11.4. The number of carbonyl (C=O) groups excluding carboxylic acids is 1. The van der Waals surface area contributed by atoms with Crippen LogP contribution in [0.1, 0.15) is 18.1 Å². The molecule has 0 saturated carbocycles. The van der Waals surface area contributed by atoms with Crippen LogP contribution in [-0.2, 0) is 4.79 Å². The Bertz CT molecular complexity index is 1360. The summed E-state index contributed by atoms with van der Waals surface area (Å²) in [5.74, 6) is 0.338. The number of anilines is 1. The van der Waals surface area contributed by atoms with Crippen LogP contribution in [0, 0.1) is 24.0 Å². The number of hydrogen-bond acceptors (Lipinski definition) is 7. The van der Waals surface area contributed by atoms with E-state index in [1.54, 1.807) is 25.4 Å². The molecule has 0 saturated heterocycles. The van der Waals surface area contributed by atoms with E-state index in [0.29, 0.717) is 16.7 Å². The highest BCUT2D eigenvalue weighted by molar-refractivity contribution is 8.00. The molecular formula is C24H22N6O3S. The molecule has 4 aromatic rings. The predicted molar refractivity (Wildman–Crippen MR) is 131 cm³/mol. The summed E-state index contributed by atoms with van der Waals surface area (Å²) in [4.78, 5) is 27.4. The summed E-state index contributed by atoms with van der Waals surface area (Å²) in [6.07, 6.45) is 3.38. The Morgan fingerprint density at radius 1 is 1.06 bits per heavy atom. The molecule has 0 aliphatic heterocycles. The van der Waals surface area contributed by atoms with Crippen LogP contribution in [0.5, 0.6) is 0 Å². The Kier molecular flexibility index (Phi) is 6.69. The van der Waals surface area contributed by atoms with Gasteiger partial charge in [-0.3, -0.25) is 24.5 Å². The fraction of sp³-hybridized carbons (Fsp3) is 0.167. The van der Waals surface area contributed by atoms with Crippen molar-refractivity contribution >= 4 is 29.0 Å². The zero-order valence-corrected chi connectivity index (χ0v) is 19.6. The zero-order valence-electron chi connectivity index (χ0n) is 18.8. The van der Waals surface area contributed by atoms with E-state index < -0.39 is 10.2 Å². The van der Waals surface area contributed by atoms with Gasteiger partial charge in [0.25, 0.3) is 5.69 Å². The number of rotatable bonds is 7. The van der Waals surface area contributed by atoms with E-state index in [4.69, 9.17) is 0 Å². The number of pyridine rings is 1. The summed E-state index contributed by atoms with van der Waals surface area (Å²) in [6, 6.07) is 15.6. The van der Waals surface area contributed by atoms with Crippen molar-refractivity contribution in [3.05, 3.63) is 88.2 Å². The summed E-state index contributed by atoms with van der Waals surface area (Å²) in [7, 11) is 0. The van der Waals surface area contributed by atoms with Crippen LogP contribution in [0.15, 0.2) is 72.1 Å². The van der Waals surface area contributed by atoms with E-state index in [-0.39, 0.29) is 11.6 Å². The number of hydrogen-bond donors (Lipinski definition) is 1. The maximum Gasteiger partial charge on any atom is 0.271 e. The quantitative estimate of drug-likeness (QED) is 0.228. The molecule has 1 amide bonds. The van der Waals surface area contributed by atoms with Crippen molar-refractivity contribution < 1.29 is 9.72 Å². The van der Waals surface area contributed by atoms with Crippen molar-refractivity contribution in [2.24, 2.45) is 0 Å². The maximum absolute atomic E-state index is 12.9. The Morgan fingerprint density at radius 2 is 1.82 bits per heavy atom. The van der Waals surface area contributed by atoms with E-state index in [1.165, 1.54) is 35.5 Å². The van der Waals surface area contributed by atoms with Gasteiger partial charge in [0.2, 0.25) is 5.91 Å². The lowest BCUT2D eigenvalue weighted by atomic mass is 10.1. The number of nitrogens with zero attached hydrogens (tertiary/aromatic N) is 5. The maximum atomic E-state index is 12.9. The summed E-state index contributed by atoms with van der Waals surface area (Å²) in [6.45, 7) is 5.84. The number of aryl methyl sites for hydroxylation is 2. The first-order chi connectivity index (χ1) is 16.3. The van der Waals surface area contributed by atoms with Gasteiger partial charge in [0.05, 0.1) is 15.9 Å². The Hall–Kier alpha value is -4.05. The van der Waals surface area contributed by atoms with E-state index >= 15 is 0 Å². The fourth-order valence-electron chi connectivity index (χ4n) is 3.28. The van der Waals surface area contributed by atoms with Gasteiger partial charge in [0, 0.05) is 35.8 Å². The second-order valence-corrected chi connectivity index (χ2v) is 9.01. The molecule has 1 atom stereocenters. The third-order valence-electron chi connectivity index (χ3n) is 5.30. The number of non-ortho nitro benzene ring substituents is 1. The number of nitro benzene ring substituents is 1. The van der Waals surface area contributed by atoms with Crippen LogP contribution in [0.4, 0.5) is 11.4 Å². The molecule has 0 fully saturated rings. The number of carbonyl (C=O) groups is 1. The van der Waals surface area contributed by atoms with Crippen molar-refractivity contribution in [3.8, 4) is 17.1 Å². The molecule has 10 heteroatoms. The van der Waals surface area contributed by atoms with Crippen molar-refractivity contribution in [1.82, 2.24) is 19.7 Å². The average Bonchev–Trinajstić information content (AvgIpc) is 3.25. The smallest absolute Gasteiger partial charge is 0.271 e. The standard InChI is InChI=1S/C24H22N6O3S/c1-15-7-8-20(13-16(15)2)29-22(18-9-11-25-12-10-18)27-28-24(29)34-17(3)23(31)26-19-5-4-6-21(14-19)30(32)33/h4-14,17H,1-3H3,(H,26,31)/t17-/m1/s1. The van der Waals surface area contributed by atoms with Crippen LogP contribution in [0.25, 0.3) is 17.1 Å². The zero-order chi connectivity index (χ0) is 24.2. The molecule has 2 aromatic carbocycles. The van der Waals surface area contributed by atoms with Gasteiger partial charge >= 0.3 is 0 Å². The normalized spacial score (nSPS) is 11.7. The Balaban J connectivity index is 1.64. The Morgan fingerprint density at radius 3 is 2.53 bits per heavy atom. The molecule has 0 unspecified atom stereocenters. The minimum Gasteiger partial charge on any atom is -0.325 e. The highest BCUT2D eigenvalue weighted by Crippen LogP contribution is 2.31. The number of nitrogens with one attached hydrogen (secondary N) is 1.